The van der Waals surface area contributed by atoms with Gasteiger partial charge in [0, 0.05) is 6.16 Å². The number of phenols is 1. The Morgan fingerprint density at radius 2 is 1.82 bits per heavy atom. The molecule has 0 saturated carbocycles. The topological polar surface area (TPSA) is 77.8 Å². The Labute approximate surface area is 101 Å². The molecule has 0 aliphatic rings. The van der Waals surface area contributed by atoms with Crippen molar-refractivity contribution in [2.24, 2.45) is 0 Å². The third-order valence-electron chi connectivity index (χ3n) is 2.88. The first-order valence-electron chi connectivity index (χ1n) is 5.55. The predicted molar refractivity (Wildman–Crippen MR) is 67.3 cm³/mol. The number of aromatic hydroxyl groups is 1. The van der Waals surface area contributed by atoms with Crippen molar-refractivity contribution < 1.29 is 19.5 Å². The van der Waals surface area contributed by atoms with Gasteiger partial charge in [-0.25, -0.2) is 0 Å². The van der Waals surface area contributed by atoms with Crippen LogP contribution in [-0.4, -0.2) is 21.1 Å². The van der Waals surface area contributed by atoms with Gasteiger partial charge in [0.1, 0.15) is 5.75 Å². The molecule has 0 amide bonds. The Kier molecular flexibility index (Phi) is 4.36. The molecule has 0 saturated heterocycles. The lowest BCUT2D eigenvalue weighted by Crippen LogP contribution is -2.17. The van der Waals surface area contributed by atoms with Crippen molar-refractivity contribution in [1.29, 1.82) is 0 Å². The van der Waals surface area contributed by atoms with E-state index in [9.17, 15) is 9.67 Å². The van der Waals surface area contributed by atoms with E-state index in [4.69, 9.17) is 9.79 Å². The molecule has 0 aliphatic heterocycles. The highest BCUT2D eigenvalue weighted by atomic mass is 31.2. The smallest absolute Gasteiger partial charge is 0.325 e. The number of hydrogen-bond donors (Lipinski definition) is 3. The van der Waals surface area contributed by atoms with Crippen molar-refractivity contribution in [3.8, 4) is 5.75 Å². The molecule has 0 bridgehead atoms. The molecule has 0 radical (unpaired) electrons. The average Bonchev–Trinajstić information content (AvgIpc) is 2.15. The first kappa shape index (κ1) is 14.2. The lowest BCUT2D eigenvalue weighted by molar-refractivity contribution is 0.365. The van der Waals surface area contributed by atoms with E-state index in [0.717, 1.165) is 5.56 Å². The van der Waals surface area contributed by atoms with Crippen molar-refractivity contribution in [2.45, 2.75) is 32.1 Å². The molecular formula is C12H19O4P. The van der Waals surface area contributed by atoms with Crippen LogP contribution >= 0.6 is 7.60 Å². The number of rotatable bonds is 5. The first-order valence-corrected chi connectivity index (χ1v) is 7.35. The zero-order chi connectivity index (χ0) is 13.1. The SMILES string of the molecule is CC(C)(CCCP(=O)(O)O)c1ccccc1O. The molecule has 3 N–H and O–H groups in total. The van der Waals surface area contributed by atoms with E-state index >= 15 is 0 Å². The minimum absolute atomic E-state index is 0.107. The monoisotopic (exact) mass is 258 g/mol. The molecule has 0 atom stereocenters. The summed E-state index contributed by atoms with van der Waals surface area (Å²) in [5, 5.41) is 9.75. The van der Waals surface area contributed by atoms with Gasteiger partial charge in [-0.2, -0.15) is 0 Å². The van der Waals surface area contributed by atoms with E-state index in [1.807, 2.05) is 26.0 Å². The van der Waals surface area contributed by atoms with E-state index in [1.54, 1.807) is 12.1 Å². The molecule has 5 heteroatoms. The largest absolute Gasteiger partial charge is 0.508 e. The molecule has 17 heavy (non-hydrogen) atoms. The highest BCUT2D eigenvalue weighted by Gasteiger charge is 2.24. The molecule has 1 aromatic carbocycles. The summed E-state index contributed by atoms with van der Waals surface area (Å²) in [6, 6.07) is 7.07. The van der Waals surface area contributed by atoms with Gasteiger partial charge in [-0.15, -0.1) is 0 Å². The van der Waals surface area contributed by atoms with E-state index in [-0.39, 0.29) is 17.3 Å². The number of benzene rings is 1. The fraction of sp³-hybridized carbons (Fsp3) is 0.500. The number of para-hydroxylation sites is 1. The molecule has 0 aromatic heterocycles. The van der Waals surface area contributed by atoms with Crippen molar-refractivity contribution in [3.63, 3.8) is 0 Å². The molecule has 0 aliphatic carbocycles. The van der Waals surface area contributed by atoms with Crippen LogP contribution in [-0.2, 0) is 9.98 Å². The second kappa shape index (κ2) is 5.21. The molecular weight excluding hydrogens is 239 g/mol. The van der Waals surface area contributed by atoms with Crippen LogP contribution in [0.2, 0.25) is 0 Å². The van der Waals surface area contributed by atoms with Crippen LogP contribution in [0.5, 0.6) is 5.75 Å². The third-order valence-corrected chi connectivity index (χ3v) is 3.78. The number of hydrogen-bond acceptors (Lipinski definition) is 2. The molecule has 1 rings (SSSR count). The predicted octanol–water partition coefficient (Wildman–Crippen LogP) is 2.63. The van der Waals surface area contributed by atoms with Crippen LogP contribution in [0, 0.1) is 0 Å². The molecule has 0 fully saturated rings. The summed E-state index contributed by atoms with van der Waals surface area (Å²) in [5.41, 5.74) is 0.520. The summed E-state index contributed by atoms with van der Waals surface area (Å²) in [6.07, 6.45) is 0.950. The Hall–Kier alpha value is -0.830. The maximum absolute atomic E-state index is 10.8. The quantitative estimate of drug-likeness (QED) is 0.709. The zero-order valence-corrected chi connectivity index (χ0v) is 11.0. The summed E-state index contributed by atoms with van der Waals surface area (Å²) in [6.45, 7) is 3.92. The average molecular weight is 258 g/mol. The highest BCUT2D eigenvalue weighted by Crippen LogP contribution is 2.39. The Balaban J connectivity index is 2.69. The van der Waals surface area contributed by atoms with Gasteiger partial charge in [-0.3, -0.25) is 4.57 Å². The summed E-state index contributed by atoms with van der Waals surface area (Å²) in [7, 11) is -3.92. The fourth-order valence-electron chi connectivity index (χ4n) is 1.91. The maximum atomic E-state index is 10.8. The molecule has 0 heterocycles. The highest BCUT2D eigenvalue weighted by molar-refractivity contribution is 7.51. The minimum Gasteiger partial charge on any atom is -0.508 e. The lowest BCUT2D eigenvalue weighted by atomic mass is 9.80. The van der Waals surface area contributed by atoms with E-state index in [0.29, 0.717) is 12.8 Å². The Morgan fingerprint density at radius 3 is 2.35 bits per heavy atom. The summed E-state index contributed by atoms with van der Waals surface area (Å²) < 4.78 is 10.8. The standard InChI is InChI=1S/C12H19O4P/c1-12(2,8-5-9-17(14,15)16)10-6-3-4-7-11(10)13/h3-4,6-7,13H,5,8-9H2,1-2H3,(H2,14,15,16). The van der Waals surface area contributed by atoms with E-state index < -0.39 is 7.60 Å². The van der Waals surface area contributed by atoms with E-state index in [2.05, 4.69) is 0 Å². The van der Waals surface area contributed by atoms with Gasteiger partial charge in [0.05, 0.1) is 0 Å². The van der Waals surface area contributed by atoms with Gasteiger partial charge < -0.3 is 14.9 Å². The van der Waals surface area contributed by atoms with Gasteiger partial charge in [0.15, 0.2) is 0 Å². The Morgan fingerprint density at radius 1 is 1.24 bits per heavy atom. The molecule has 0 unspecified atom stereocenters. The van der Waals surface area contributed by atoms with Crippen molar-refractivity contribution in [3.05, 3.63) is 29.8 Å². The molecule has 1 aromatic rings. The van der Waals surface area contributed by atoms with Crippen molar-refractivity contribution in [1.82, 2.24) is 0 Å². The van der Waals surface area contributed by atoms with E-state index in [1.165, 1.54) is 0 Å². The number of phenolic OH excluding ortho intramolecular Hbond substituents is 1. The van der Waals surface area contributed by atoms with Crippen LogP contribution in [0.1, 0.15) is 32.3 Å². The fourth-order valence-corrected chi connectivity index (χ4v) is 2.48. The van der Waals surface area contributed by atoms with Gasteiger partial charge in [0.2, 0.25) is 0 Å². The third kappa shape index (κ3) is 4.50. The zero-order valence-electron chi connectivity index (χ0n) is 10.1. The second-order valence-electron chi connectivity index (χ2n) is 4.89. The Bertz CT molecular complexity index is 422. The minimum atomic E-state index is -3.92. The lowest BCUT2D eigenvalue weighted by Gasteiger charge is -2.26. The first-order chi connectivity index (χ1) is 7.72. The van der Waals surface area contributed by atoms with Crippen LogP contribution in [0.15, 0.2) is 24.3 Å². The van der Waals surface area contributed by atoms with Gasteiger partial charge in [-0.05, 0) is 29.9 Å². The molecule has 0 spiro atoms. The normalized spacial score (nSPS) is 12.7. The van der Waals surface area contributed by atoms with Crippen LogP contribution in [0.4, 0.5) is 0 Å². The van der Waals surface area contributed by atoms with Gasteiger partial charge in [-0.1, -0.05) is 32.0 Å². The van der Waals surface area contributed by atoms with Crippen LogP contribution in [0.25, 0.3) is 0 Å². The van der Waals surface area contributed by atoms with Gasteiger partial charge >= 0.3 is 7.60 Å². The van der Waals surface area contributed by atoms with Crippen LogP contribution < -0.4 is 0 Å². The van der Waals surface area contributed by atoms with Crippen LogP contribution in [0.3, 0.4) is 0 Å². The summed E-state index contributed by atoms with van der Waals surface area (Å²) in [5.74, 6) is 0.230. The van der Waals surface area contributed by atoms with Crippen molar-refractivity contribution >= 4 is 7.60 Å². The summed E-state index contributed by atoms with van der Waals surface area (Å²) in [4.78, 5) is 17.6. The maximum Gasteiger partial charge on any atom is 0.325 e. The second-order valence-corrected chi connectivity index (χ2v) is 6.67. The summed E-state index contributed by atoms with van der Waals surface area (Å²) >= 11 is 0. The molecule has 4 nitrogen and oxygen atoms in total. The van der Waals surface area contributed by atoms with Gasteiger partial charge in [0.25, 0.3) is 0 Å². The molecule has 96 valence electrons. The van der Waals surface area contributed by atoms with Crippen molar-refractivity contribution in [2.75, 3.05) is 6.16 Å².